The van der Waals surface area contributed by atoms with E-state index in [1.165, 1.54) is 24.3 Å². The number of amides is 2. The van der Waals surface area contributed by atoms with Crippen molar-refractivity contribution in [3.05, 3.63) is 29.8 Å². The number of anilines is 1. The molecule has 2 rings (SSSR count). The van der Waals surface area contributed by atoms with Crippen LogP contribution in [0, 0.1) is 0 Å². The first kappa shape index (κ1) is 21.2. The maximum absolute atomic E-state index is 12.2. The summed E-state index contributed by atoms with van der Waals surface area (Å²) in [5.74, 6) is -1.20. The second kappa shape index (κ2) is 8.50. The molecule has 0 aromatic heterocycles. The van der Waals surface area contributed by atoms with Crippen molar-refractivity contribution in [2.75, 3.05) is 25.1 Å². The molecule has 1 aliphatic heterocycles. The summed E-state index contributed by atoms with van der Waals surface area (Å²) in [5, 5.41) is 4.42. The van der Waals surface area contributed by atoms with E-state index in [2.05, 4.69) is 5.32 Å². The smallest absolute Gasteiger partial charge is 0.381 e. The van der Waals surface area contributed by atoms with Gasteiger partial charge in [-0.05, 0) is 37.1 Å². The van der Waals surface area contributed by atoms with Crippen molar-refractivity contribution in [1.82, 2.24) is 5.32 Å². The third-order valence-electron chi connectivity index (χ3n) is 3.69. The number of nitrogens with one attached hydrogen (secondary N) is 2. The average Bonchev–Trinajstić information content (AvgIpc) is 2.53. The lowest BCUT2D eigenvalue weighted by molar-refractivity contribution is -0.124. The summed E-state index contributed by atoms with van der Waals surface area (Å²) in [6.07, 6.45) is -3.67. The molecule has 25 heavy (non-hydrogen) atoms. The summed E-state index contributed by atoms with van der Waals surface area (Å²) in [6, 6.07) is 5.52. The maximum atomic E-state index is 12.2. The summed E-state index contributed by atoms with van der Waals surface area (Å²) in [5.41, 5.74) is 5.50. The van der Waals surface area contributed by atoms with Crippen LogP contribution < -0.4 is 16.4 Å². The first-order valence-corrected chi connectivity index (χ1v) is 7.33. The number of benzene rings is 1. The highest BCUT2D eigenvalue weighted by Gasteiger charge is 2.35. The van der Waals surface area contributed by atoms with Crippen molar-refractivity contribution in [3.63, 3.8) is 0 Å². The van der Waals surface area contributed by atoms with Gasteiger partial charge in [-0.15, -0.1) is 12.4 Å². The van der Waals surface area contributed by atoms with Crippen molar-refractivity contribution in [2.24, 2.45) is 5.73 Å². The monoisotopic (exact) mass is 381 g/mol. The highest BCUT2D eigenvalue weighted by atomic mass is 35.5. The third kappa shape index (κ3) is 6.18. The molecule has 140 valence electrons. The zero-order valence-corrected chi connectivity index (χ0v) is 14.0. The normalized spacial score (nSPS) is 16.5. The van der Waals surface area contributed by atoms with E-state index in [1.807, 2.05) is 0 Å². The van der Waals surface area contributed by atoms with Gasteiger partial charge in [0, 0.05) is 24.5 Å². The Labute approximate surface area is 148 Å². The van der Waals surface area contributed by atoms with Crippen LogP contribution in [0.5, 0.6) is 0 Å². The van der Waals surface area contributed by atoms with E-state index in [9.17, 15) is 22.8 Å². The van der Waals surface area contributed by atoms with Crippen LogP contribution in [0.15, 0.2) is 24.3 Å². The molecule has 10 heteroatoms. The Bertz CT molecular complexity index is 602. The molecule has 1 aromatic rings. The van der Waals surface area contributed by atoms with Crippen LogP contribution in [0.25, 0.3) is 0 Å². The lowest BCUT2D eigenvalue weighted by atomic mass is 9.90. The molecule has 2 amide bonds. The number of halogens is 4. The van der Waals surface area contributed by atoms with Gasteiger partial charge in [0.2, 0.25) is 5.91 Å². The predicted molar refractivity (Wildman–Crippen MR) is 87.7 cm³/mol. The van der Waals surface area contributed by atoms with Gasteiger partial charge in [-0.25, -0.2) is 0 Å². The van der Waals surface area contributed by atoms with E-state index in [0.29, 0.717) is 31.7 Å². The van der Waals surface area contributed by atoms with Crippen LogP contribution in [0.4, 0.5) is 18.9 Å². The molecule has 0 unspecified atom stereocenters. The van der Waals surface area contributed by atoms with Crippen LogP contribution in [0.1, 0.15) is 23.2 Å². The average molecular weight is 382 g/mol. The van der Waals surface area contributed by atoms with E-state index in [1.54, 1.807) is 5.32 Å². The van der Waals surface area contributed by atoms with Crippen LogP contribution in [-0.2, 0) is 9.53 Å². The first-order valence-electron chi connectivity index (χ1n) is 7.33. The highest BCUT2D eigenvalue weighted by Crippen LogP contribution is 2.20. The quantitative estimate of drug-likeness (QED) is 0.742. The lowest BCUT2D eigenvalue weighted by Gasteiger charge is -2.31. The molecule has 1 aliphatic rings. The van der Waals surface area contributed by atoms with Crippen molar-refractivity contribution in [1.29, 1.82) is 0 Å². The minimum Gasteiger partial charge on any atom is -0.381 e. The fourth-order valence-electron chi connectivity index (χ4n) is 2.21. The molecule has 1 heterocycles. The number of hydrogen-bond acceptors (Lipinski definition) is 4. The second-order valence-corrected chi connectivity index (χ2v) is 5.60. The van der Waals surface area contributed by atoms with Gasteiger partial charge in [-0.3, -0.25) is 9.59 Å². The van der Waals surface area contributed by atoms with Crippen LogP contribution in [0.3, 0.4) is 0 Å². The summed E-state index contributed by atoms with van der Waals surface area (Å²) in [6.45, 7) is -0.591. The van der Waals surface area contributed by atoms with Crippen molar-refractivity contribution in [2.45, 2.75) is 24.6 Å². The molecule has 0 bridgehead atoms. The minimum atomic E-state index is -4.47. The molecule has 4 N–H and O–H groups in total. The molecule has 1 aromatic carbocycles. The molecule has 0 saturated carbocycles. The van der Waals surface area contributed by atoms with Crippen molar-refractivity contribution >= 4 is 29.9 Å². The second-order valence-electron chi connectivity index (χ2n) is 5.60. The Morgan fingerprint density at radius 1 is 1.16 bits per heavy atom. The zero-order valence-electron chi connectivity index (χ0n) is 13.2. The van der Waals surface area contributed by atoms with Gasteiger partial charge in [-0.1, -0.05) is 0 Å². The molecular formula is C15H19ClF3N3O3. The molecule has 1 fully saturated rings. The predicted octanol–water partition coefficient (Wildman–Crippen LogP) is 1.85. The number of ether oxygens (including phenoxy) is 1. The Hall–Kier alpha value is -1.84. The van der Waals surface area contributed by atoms with Gasteiger partial charge in [0.15, 0.2) is 0 Å². The molecule has 1 saturated heterocycles. The Balaban J connectivity index is 0.00000312. The number of carbonyl (C=O) groups excluding carboxylic acids is 2. The van der Waals surface area contributed by atoms with E-state index < -0.39 is 24.2 Å². The molecular weight excluding hydrogens is 363 g/mol. The van der Waals surface area contributed by atoms with Gasteiger partial charge in [0.1, 0.15) is 12.1 Å². The topological polar surface area (TPSA) is 93.5 Å². The van der Waals surface area contributed by atoms with Gasteiger partial charge >= 0.3 is 6.18 Å². The molecule has 0 radical (unpaired) electrons. The fourth-order valence-corrected chi connectivity index (χ4v) is 2.21. The molecule has 0 spiro atoms. The number of hydrogen-bond donors (Lipinski definition) is 3. The summed E-state index contributed by atoms with van der Waals surface area (Å²) >= 11 is 0. The molecule has 0 atom stereocenters. The van der Waals surface area contributed by atoms with Gasteiger partial charge in [-0.2, -0.15) is 13.2 Å². The third-order valence-corrected chi connectivity index (χ3v) is 3.69. The minimum absolute atomic E-state index is 0. The number of rotatable bonds is 4. The van der Waals surface area contributed by atoms with Crippen LogP contribution in [0.2, 0.25) is 0 Å². The standard InChI is InChI=1S/C15H18F3N3O3.ClH/c16-15(17,18)9-20-12(22)10-1-3-11(4-2-10)21-13(23)14(19)5-7-24-8-6-14;/h1-4H,5-9,19H2,(H,20,22)(H,21,23);1H. The van der Waals surface area contributed by atoms with E-state index in [4.69, 9.17) is 10.5 Å². The van der Waals surface area contributed by atoms with Crippen LogP contribution in [-0.4, -0.2) is 43.3 Å². The first-order chi connectivity index (χ1) is 11.2. The summed E-state index contributed by atoms with van der Waals surface area (Å²) < 4.78 is 41.4. The Morgan fingerprint density at radius 2 is 1.72 bits per heavy atom. The number of alkyl halides is 3. The fraction of sp³-hybridized carbons (Fsp3) is 0.467. The van der Waals surface area contributed by atoms with E-state index in [0.717, 1.165) is 0 Å². The summed E-state index contributed by atoms with van der Waals surface area (Å²) in [4.78, 5) is 23.8. The molecule has 6 nitrogen and oxygen atoms in total. The van der Waals surface area contributed by atoms with Gasteiger partial charge in [0.25, 0.3) is 5.91 Å². The maximum Gasteiger partial charge on any atom is 0.405 e. The number of nitrogens with two attached hydrogens (primary N) is 1. The van der Waals surface area contributed by atoms with E-state index >= 15 is 0 Å². The Kier molecular flexibility index (Phi) is 7.21. The van der Waals surface area contributed by atoms with Gasteiger partial charge < -0.3 is 21.1 Å². The highest BCUT2D eigenvalue weighted by molar-refractivity contribution is 5.99. The SMILES string of the molecule is Cl.NC1(C(=O)Nc2ccc(C(=O)NCC(F)(F)F)cc2)CCOCC1. The van der Waals surface area contributed by atoms with Crippen molar-refractivity contribution in [3.8, 4) is 0 Å². The lowest BCUT2D eigenvalue weighted by Crippen LogP contribution is -2.54. The Morgan fingerprint density at radius 3 is 2.24 bits per heavy atom. The van der Waals surface area contributed by atoms with E-state index in [-0.39, 0.29) is 23.9 Å². The number of carbonyl (C=O) groups is 2. The zero-order chi connectivity index (χ0) is 17.8. The van der Waals surface area contributed by atoms with Crippen LogP contribution >= 0.6 is 12.4 Å². The largest absolute Gasteiger partial charge is 0.405 e. The van der Waals surface area contributed by atoms with Gasteiger partial charge in [0.05, 0.1) is 0 Å². The summed E-state index contributed by atoms with van der Waals surface area (Å²) in [7, 11) is 0. The van der Waals surface area contributed by atoms with Crippen molar-refractivity contribution < 1.29 is 27.5 Å². The molecule has 0 aliphatic carbocycles.